The van der Waals surface area contributed by atoms with Crippen LogP contribution in [-0.4, -0.2) is 91.1 Å². The van der Waals surface area contributed by atoms with Crippen LogP contribution in [0.15, 0.2) is 0 Å². The molecular formula is C19H42B14. The molecule has 0 saturated heterocycles. The van der Waals surface area contributed by atoms with Crippen LogP contribution in [0.25, 0.3) is 0 Å². The van der Waals surface area contributed by atoms with Crippen molar-refractivity contribution in [1.82, 2.24) is 0 Å². The van der Waals surface area contributed by atoms with Crippen LogP contribution in [0.5, 0.6) is 0 Å². The molecule has 0 heterocycles. The predicted octanol–water partition coefficient (Wildman–Crippen LogP) is 2.64. The van der Waals surface area contributed by atoms with Crippen molar-refractivity contribution >= 4 is 91.1 Å². The van der Waals surface area contributed by atoms with Gasteiger partial charge in [0.2, 0.25) is 0 Å². The van der Waals surface area contributed by atoms with Crippen LogP contribution in [-0.2, 0) is 0 Å². The maximum Gasteiger partial charge on any atom is 0.265 e. The fraction of sp³-hybridized carbons (Fsp3) is 0.684. The molecular weight excluding hydrogens is 380 g/mol. The highest BCUT2D eigenvalue weighted by Crippen LogP contribution is 2.20. The first-order chi connectivity index (χ1) is 15.2. The van der Waals surface area contributed by atoms with Crippen molar-refractivity contribution in [3.05, 3.63) is 0 Å². The van der Waals surface area contributed by atoms with Gasteiger partial charge in [0, 0.05) is 31.9 Å². The number of rotatable bonds is 13. The van der Waals surface area contributed by atoms with Crippen molar-refractivity contribution in [2.45, 2.75) is 88.7 Å². The minimum atomic E-state index is -0.247. The van der Waals surface area contributed by atoms with E-state index in [-0.39, 0.29) is 19.6 Å². The van der Waals surface area contributed by atoms with Crippen LogP contribution >= 0.6 is 0 Å². The molecule has 0 bridgehead atoms. The first kappa shape index (κ1) is 32.6. The third-order valence-electron chi connectivity index (χ3n) is 8.43. The lowest BCUT2D eigenvalue weighted by atomic mass is 8.37. The number of terminal acetylenes is 3. The second-order valence-electron chi connectivity index (χ2n) is 12.7. The lowest BCUT2D eigenvalue weighted by Gasteiger charge is -2.46. The van der Waals surface area contributed by atoms with Crippen molar-refractivity contribution in [3.8, 4) is 36.7 Å². The predicted molar refractivity (Wildman–Crippen MR) is 183 cm³/mol. The van der Waals surface area contributed by atoms with E-state index in [1.807, 2.05) is 0 Å². The molecule has 14 heteroatoms. The fourth-order valence-electron chi connectivity index (χ4n) is 7.74. The van der Waals surface area contributed by atoms with Gasteiger partial charge in [-0.2, -0.15) is 17.5 Å². The highest BCUT2D eigenvalue weighted by Gasteiger charge is 2.57. The van der Waals surface area contributed by atoms with Gasteiger partial charge in [-0.15, -0.1) is 19.3 Å². The third kappa shape index (κ3) is 8.34. The Hall–Kier alpha value is -0.411. The van der Waals surface area contributed by atoms with Crippen molar-refractivity contribution in [3.63, 3.8) is 0 Å². The van der Waals surface area contributed by atoms with E-state index in [1.165, 1.54) is 0 Å². The van der Waals surface area contributed by atoms with Gasteiger partial charge in [0.05, 0.1) is 46.0 Å². The molecule has 160 valence electrons. The van der Waals surface area contributed by atoms with Gasteiger partial charge in [-0.3, -0.25) is 0 Å². The van der Waals surface area contributed by atoms with Crippen molar-refractivity contribution in [2.24, 2.45) is 0 Å². The average molecular weight is 422 g/mol. The number of hydrogen-bond acceptors (Lipinski definition) is 0. The van der Waals surface area contributed by atoms with E-state index < -0.39 is 0 Å². The molecule has 33 heavy (non-hydrogen) atoms. The summed E-state index contributed by atoms with van der Waals surface area (Å²) in [6, 6.07) is 0. The SMILES string of the molecule is C#CB(C)B(B(C#C)C#C)B(B(B(C)C)B(C)C)B(B(B(C)C)B(C)C)B(B(C)C)B(C)C. The summed E-state index contributed by atoms with van der Waals surface area (Å²) in [6.07, 6.45) is 21.0. The fourth-order valence-corrected chi connectivity index (χ4v) is 7.74. The van der Waals surface area contributed by atoms with E-state index in [4.69, 9.17) is 19.3 Å². The van der Waals surface area contributed by atoms with Gasteiger partial charge < -0.3 is 0 Å². The first-order valence-corrected chi connectivity index (χ1v) is 13.6. The van der Waals surface area contributed by atoms with Crippen molar-refractivity contribution in [1.29, 1.82) is 0 Å². The largest absolute Gasteiger partial charge is 0.265 e. The van der Waals surface area contributed by atoms with Gasteiger partial charge in [0.1, 0.15) is 0 Å². The first-order valence-electron chi connectivity index (χ1n) is 13.6. The Morgan fingerprint density at radius 2 is 0.576 bits per heavy atom. The molecule has 0 spiro atoms. The monoisotopic (exact) mass is 424 g/mol. The zero-order valence-corrected chi connectivity index (χ0v) is 24.3. The second-order valence-corrected chi connectivity index (χ2v) is 12.7. The summed E-state index contributed by atoms with van der Waals surface area (Å²) < 4.78 is 0. The number of hydrogen-bond donors (Lipinski definition) is 0. The zero-order chi connectivity index (χ0) is 26.2. The minimum absolute atomic E-state index is 0.0366. The Kier molecular flexibility index (Phi) is 14.7. The molecule has 0 aromatic heterocycles. The molecule has 0 fully saturated rings. The molecule has 0 radical (unpaired) electrons. The maximum atomic E-state index is 6.11. The molecule has 0 aliphatic heterocycles. The Morgan fingerprint density at radius 3 is 0.758 bits per heavy atom. The quantitative estimate of drug-likeness (QED) is 0.317. The smallest absolute Gasteiger partial charge is 0.170 e. The lowest BCUT2D eigenvalue weighted by molar-refractivity contribution is 2.04. The van der Waals surface area contributed by atoms with Crippen LogP contribution in [0.1, 0.15) is 0 Å². The minimum Gasteiger partial charge on any atom is -0.170 e. The van der Waals surface area contributed by atoms with Gasteiger partial charge in [0.15, 0.2) is 6.60 Å². The highest BCUT2D eigenvalue weighted by atomic mass is 13.5. The van der Waals surface area contributed by atoms with Crippen LogP contribution in [0.3, 0.4) is 0 Å². The molecule has 0 amide bonds. The van der Waals surface area contributed by atoms with Crippen LogP contribution < -0.4 is 0 Å². The van der Waals surface area contributed by atoms with E-state index in [0.29, 0.717) is 71.5 Å². The van der Waals surface area contributed by atoms with Gasteiger partial charge >= 0.3 is 0 Å². The van der Waals surface area contributed by atoms with Crippen LogP contribution in [0, 0.1) is 36.7 Å². The van der Waals surface area contributed by atoms with Gasteiger partial charge in [-0.05, 0) is 0 Å². The Bertz CT molecular complexity index is 643. The summed E-state index contributed by atoms with van der Waals surface area (Å²) >= 11 is 0. The molecule has 0 N–H and O–H groups in total. The van der Waals surface area contributed by atoms with E-state index >= 15 is 0 Å². The van der Waals surface area contributed by atoms with E-state index in [9.17, 15) is 0 Å². The molecule has 0 nitrogen and oxygen atoms in total. The van der Waals surface area contributed by atoms with Gasteiger partial charge in [-0.1, -0.05) is 88.7 Å². The summed E-state index contributed by atoms with van der Waals surface area (Å²) in [5.41, 5.74) is 0. The molecule has 0 unspecified atom stereocenters. The van der Waals surface area contributed by atoms with E-state index in [0.717, 1.165) is 0 Å². The summed E-state index contributed by atoms with van der Waals surface area (Å²) in [5.74, 6) is 9.08. The van der Waals surface area contributed by atoms with Gasteiger partial charge in [-0.25, -0.2) is 0 Å². The van der Waals surface area contributed by atoms with Gasteiger partial charge in [0.25, 0.3) is 6.60 Å². The Labute approximate surface area is 216 Å². The lowest BCUT2D eigenvalue weighted by Crippen LogP contribution is -2.85. The molecule has 0 aliphatic carbocycles. The maximum absolute atomic E-state index is 6.11. The topological polar surface area (TPSA) is 0 Å². The molecule has 0 aromatic carbocycles. The summed E-state index contributed by atoms with van der Waals surface area (Å²) in [6.45, 7) is 34.1. The molecule has 0 aromatic rings. The molecule has 0 saturated carbocycles. The third-order valence-corrected chi connectivity index (χ3v) is 8.43. The standard InChI is InChI=1S/C19H42B14/c1-17-26(16)31(27(18-2)19-3)33(30(24(12)13)25(14)15)32(28(20(4)5)21(6)7)29(22(8)9)23(10)11/h1-3H,4-16H3. The van der Waals surface area contributed by atoms with Crippen LogP contribution in [0.2, 0.25) is 88.7 Å². The molecule has 0 atom stereocenters. The zero-order valence-electron chi connectivity index (χ0n) is 24.3. The second kappa shape index (κ2) is 14.9. The molecule has 0 rings (SSSR count). The Morgan fingerprint density at radius 1 is 0.333 bits per heavy atom. The van der Waals surface area contributed by atoms with Crippen molar-refractivity contribution < 1.29 is 0 Å². The summed E-state index contributed by atoms with van der Waals surface area (Å²) in [5, 5.41) is 0. The van der Waals surface area contributed by atoms with Crippen molar-refractivity contribution in [2.75, 3.05) is 0 Å². The summed E-state index contributed by atoms with van der Waals surface area (Å²) in [7, 11) is 0. The normalized spacial score (nSPS) is 9.27. The Balaban J connectivity index is 7.58. The molecule has 0 aliphatic rings. The van der Waals surface area contributed by atoms with E-state index in [2.05, 4.69) is 106 Å². The average Bonchev–Trinajstić information content (AvgIpc) is 2.67. The van der Waals surface area contributed by atoms with Crippen LogP contribution in [0.4, 0.5) is 0 Å². The highest BCUT2D eigenvalue weighted by molar-refractivity contribution is 8.17. The van der Waals surface area contributed by atoms with E-state index in [1.54, 1.807) is 0 Å². The summed E-state index contributed by atoms with van der Waals surface area (Å²) in [4.78, 5) is 0.